The second-order valence-electron chi connectivity index (χ2n) is 6.15. The molecule has 0 fully saturated rings. The molecule has 1 N–H and O–H groups in total. The predicted molar refractivity (Wildman–Crippen MR) is 110 cm³/mol. The van der Waals surface area contributed by atoms with Crippen molar-refractivity contribution in [3.05, 3.63) is 98.9 Å². The molecule has 0 bridgehead atoms. The first-order valence-electron chi connectivity index (χ1n) is 8.40. The van der Waals surface area contributed by atoms with Gasteiger partial charge >= 0.3 is 0 Å². The molecule has 4 nitrogen and oxygen atoms in total. The van der Waals surface area contributed by atoms with Gasteiger partial charge in [0.1, 0.15) is 17.2 Å². The van der Waals surface area contributed by atoms with Crippen LogP contribution in [0.15, 0.2) is 86.5 Å². The van der Waals surface area contributed by atoms with Crippen molar-refractivity contribution in [3.63, 3.8) is 0 Å². The minimum Gasteiger partial charge on any atom is -0.456 e. The molecule has 1 heterocycles. The first-order chi connectivity index (χ1) is 13.5. The second kappa shape index (κ2) is 7.40. The molecular weight excluding hydrogens is 425 g/mol. The van der Waals surface area contributed by atoms with Gasteiger partial charge in [-0.1, -0.05) is 15.9 Å². The van der Waals surface area contributed by atoms with Gasteiger partial charge in [-0.25, -0.2) is 4.39 Å². The van der Waals surface area contributed by atoms with Gasteiger partial charge in [-0.05, 0) is 66.7 Å². The summed E-state index contributed by atoms with van der Waals surface area (Å²) in [7, 11) is 0. The van der Waals surface area contributed by atoms with E-state index in [2.05, 4.69) is 21.2 Å². The van der Waals surface area contributed by atoms with E-state index in [1.807, 2.05) is 0 Å². The molecule has 0 atom stereocenters. The fourth-order valence-corrected chi connectivity index (χ4v) is 3.06. The van der Waals surface area contributed by atoms with E-state index in [0.29, 0.717) is 33.5 Å². The van der Waals surface area contributed by atoms with E-state index < -0.39 is 0 Å². The smallest absolute Gasteiger partial charge is 0.255 e. The summed E-state index contributed by atoms with van der Waals surface area (Å²) in [4.78, 5) is 24.9. The van der Waals surface area contributed by atoms with Gasteiger partial charge in [-0.15, -0.1) is 0 Å². The van der Waals surface area contributed by atoms with Gasteiger partial charge in [0.15, 0.2) is 5.43 Å². The van der Waals surface area contributed by atoms with Crippen LogP contribution in [0.3, 0.4) is 0 Å². The summed E-state index contributed by atoms with van der Waals surface area (Å²) in [6.45, 7) is 0. The third-order valence-corrected chi connectivity index (χ3v) is 4.75. The lowest BCUT2D eigenvalue weighted by molar-refractivity contribution is 0.102. The number of benzene rings is 3. The van der Waals surface area contributed by atoms with Crippen LogP contribution in [0.5, 0.6) is 0 Å². The van der Waals surface area contributed by atoms with E-state index in [1.165, 1.54) is 18.2 Å². The first-order valence-corrected chi connectivity index (χ1v) is 9.20. The number of nitrogens with one attached hydrogen (secondary N) is 1. The zero-order valence-corrected chi connectivity index (χ0v) is 16.0. The standard InChI is InChI=1S/C22H13BrFNO3/c23-15-5-1-14(2-6-15)22(27)25-17-9-10-20-18(11-17)19(26)12-21(28-20)13-3-7-16(24)8-4-13/h1-12H,(H,25,27). The van der Waals surface area contributed by atoms with Crippen molar-refractivity contribution in [2.75, 3.05) is 5.32 Å². The highest BCUT2D eigenvalue weighted by atomic mass is 79.9. The largest absolute Gasteiger partial charge is 0.456 e. The van der Waals surface area contributed by atoms with Crippen molar-refractivity contribution < 1.29 is 13.6 Å². The van der Waals surface area contributed by atoms with Gasteiger partial charge in [0, 0.05) is 27.4 Å². The lowest BCUT2D eigenvalue weighted by atomic mass is 10.1. The normalized spacial score (nSPS) is 10.8. The van der Waals surface area contributed by atoms with Gasteiger partial charge in [0.05, 0.1) is 5.39 Å². The Kier molecular flexibility index (Phi) is 4.79. The highest BCUT2D eigenvalue weighted by Gasteiger charge is 2.10. The summed E-state index contributed by atoms with van der Waals surface area (Å²) in [6, 6.07) is 18.9. The molecule has 0 saturated heterocycles. The molecule has 28 heavy (non-hydrogen) atoms. The fourth-order valence-electron chi connectivity index (χ4n) is 2.79. The summed E-state index contributed by atoms with van der Waals surface area (Å²) in [6.07, 6.45) is 0. The van der Waals surface area contributed by atoms with E-state index in [-0.39, 0.29) is 17.2 Å². The Bertz CT molecular complexity index is 1230. The molecule has 3 aromatic carbocycles. The highest BCUT2D eigenvalue weighted by molar-refractivity contribution is 9.10. The Hall–Kier alpha value is -3.25. The Balaban J connectivity index is 1.66. The molecule has 0 aliphatic carbocycles. The third kappa shape index (κ3) is 3.73. The molecule has 0 unspecified atom stereocenters. The Morgan fingerprint density at radius 2 is 1.64 bits per heavy atom. The van der Waals surface area contributed by atoms with Crippen molar-refractivity contribution in [2.24, 2.45) is 0 Å². The zero-order chi connectivity index (χ0) is 19.7. The molecule has 1 aromatic heterocycles. The molecule has 138 valence electrons. The van der Waals surface area contributed by atoms with Gasteiger partial charge in [0.25, 0.3) is 5.91 Å². The van der Waals surface area contributed by atoms with Crippen LogP contribution in [-0.4, -0.2) is 5.91 Å². The summed E-state index contributed by atoms with van der Waals surface area (Å²) < 4.78 is 19.8. The number of anilines is 1. The average Bonchev–Trinajstić information content (AvgIpc) is 2.69. The number of halogens is 2. The summed E-state index contributed by atoms with van der Waals surface area (Å²) >= 11 is 3.33. The van der Waals surface area contributed by atoms with Crippen LogP contribution >= 0.6 is 15.9 Å². The predicted octanol–water partition coefficient (Wildman–Crippen LogP) is 5.61. The topological polar surface area (TPSA) is 59.3 Å². The average molecular weight is 438 g/mol. The van der Waals surface area contributed by atoms with Crippen LogP contribution in [0.1, 0.15) is 10.4 Å². The Labute approximate surface area is 167 Å². The third-order valence-electron chi connectivity index (χ3n) is 4.22. The van der Waals surface area contributed by atoms with Crippen molar-refractivity contribution in [1.29, 1.82) is 0 Å². The quantitative estimate of drug-likeness (QED) is 0.452. The van der Waals surface area contributed by atoms with E-state index >= 15 is 0 Å². The van der Waals surface area contributed by atoms with Crippen molar-refractivity contribution in [3.8, 4) is 11.3 Å². The summed E-state index contributed by atoms with van der Waals surface area (Å²) in [5, 5.41) is 3.12. The van der Waals surface area contributed by atoms with E-state index in [4.69, 9.17) is 4.42 Å². The Morgan fingerprint density at radius 3 is 2.36 bits per heavy atom. The fraction of sp³-hybridized carbons (Fsp3) is 0. The van der Waals surface area contributed by atoms with E-state index in [9.17, 15) is 14.0 Å². The number of amides is 1. The lowest BCUT2D eigenvalue weighted by Crippen LogP contribution is -2.12. The maximum atomic E-state index is 13.1. The molecule has 4 aromatic rings. The first kappa shape index (κ1) is 18.1. The van der Waals surface area contributed by atoms with Crippen LogP contribution in [-0.2, 0) is 0 Å². The minimum absolute atomic E-state index is 0.250. The molecule has 0 aliphatic heterocycles. The number of carbonyl (C=O) groups excluding carboxylic acids is 1. The monoisotopic (exact) mass is 437 g/mol. The Morgan fingerprint density at radius 1 is 0.929 bits per heavy atom. The molecule has 0 aliphatic rings. The highest BCUT2D eigenvalue weighted by Crippen LogP contribution is 2.24. The number of fused-ring (bicyclic) bond motifs is 1. The van der Waals surface area contributed by atoms with Gasteiger partial charge in [0.2, 0.25) is 0 Å². The lowest BCUT2D eigenvalue weighted by Gasteiger charge is -2.08. The van der Waals surface area contributed by atoms with Gasteiger partial charge in [-0.2, -0.15) is 0 Å². The molecule has 6 heteroatoms. The van der Waals surface area contributed by atoms with Crippen LogP contribution in [0, 0.1) is 5.82 Å². The maximum Gasteiger partial charge on any atom is 0.255 e. The molecular formula is C22H13BrFNO3. The number of carbonyl (C=O) groups is 1. The van der Waals surface area contributed by atoms with Gasteiger partial charge < -0.3 is 9.73 Å². The van der Waals surface area contributed by atoms with Crippen molar-refractivity contribution >= 4 is 38.5 Å². The number of hydrogen-bond donors (Lipinski definition) is 1. The van der Waals surface area contributed by atoms with Crippen molar-refractivity contribution in [2.45, 2.75) is 0 Å². The van der Waals surface area contributed by atoms with E-state index in [0.717, 1.165) is 4.47 Å². The molecule has 4 rings (SSSR count). The van der Waals surface area contributed by atoms with Crippen LogP contribution < -0.4 is 10.7 Å². The number of rotatable bonds is 3. The minimum atomic E-state index is -0.363. The van der Waals surface area contributed by atoms with Crippen LogP contribution in [0.2, 0.25) is 0 Å². The zero-order valence-electron chi connectivity index (χ0n) is 14.4. The SMILES string of the molecule is O=C(Nc1ccc2oc(-c3ccc(F)cc3)cc(=O)c2c1)c1ccc(Br)cc1. The van der Waals surface area contributed by atoms with Crippen LogP contribution in [0.25, 0.3) is 22.3 Å². The van der Waals surface area contributed by atoms with Crippen molar-refractivity contribution in [1.82, 2.24) is 0 Å². The second-order valence-corrected chi connectivity index (χ2v) is 7.07. The molecule has 0 spiro atoms. The molecule has 1 amide bonds. The van der Waals surface area contributed by atoms with Crippen LogP contribution in [0.4, 0.5) is 10.1 Å². The summed E-state index contributed by atoms with van der Waals surface area (Å²) in [5.74, 6) is -0.290. The molecule has 0 saturated carbocycles. The summed E-state index contributed by atoms with van der Waals surface area (Å²) in [5.41, 5.74) is 1.73. The number of hydrogen-bond acceptors (Lipinski definition) is 3. The van der Waals surface area contributed by atoms with Gasteiger partial charge in [-0.3, -0.25) is 9.59 Å². The van der Waals surface area contributed by atoms with E-state index in [1.54, 1.807) is 54.6 Å². The maximum absolute atomic E-state index is 13.1. The molecule has 0 radical (unpaired) electrons.